The van der Waals surface area contributed by atoms with Gasteiger partial charge in [-0.1, -0.05) is 48.5 Å². The van der Waals surface area contributed by atoms with Crippen molar-refractivity contribution in [2.45, 2.75) is 13.5 Å². The average molecular weight is 349 g/mol. The number of carbonyl (C=O) groups is 2. The number of hydrogen-bond acceptors (Lipinski definition) is 4. The molecular weight excluding hydrogens is 330 g/mol. The fourth-order valence-electron chi connectivity index (χ4n) is 2.63. The van der Waals surface area contributed by atoms with Gasteiger partial charge in [0.1, 0.15) is 6.61 Å². The van der Waals surface area contributed by atoms with E-state index >= 15 is 0 Å². The van der Waals surface area contributed by atoms with E-state index in [0.717, 1.165) is 16.5 Å². The second-order valence-corrected chi connectivity index (χ2v) is 5.60. The van der Waals surface area contributed by atoms with E-state index in [9.17, 15) is 9.59 Å². The molecular formula is C21H19NO4. The maximum absolute atomic E-state index is 12.5. The van der Waals surface area contributed by atoms with Gasteiger partial charge >= 0.3 is 12.1 Å². The first-order valence-corrected chi connectivity index (χ1v) is 8.35. The molecule has 5 nitrogen and oxygen atoms in total. The highest BCUT2D eigenvalue weighted by Crippen LogP contribution is 2.23. The third-order valence-corrected chi connectivity index (χ3v) is 3.83. The van der Waals surface area contributed by atoms with Crippen LogP contribution in [0.15, 0.2) is 66.9 Å². The predicted octanol–water partition coefficient (Wildman–Crippen LogP) is 4.40. The van der Waals surface area contributed by atoms with Crippen LogP contribution in [0.3, 0.4) is 0 Å². The smallest absolute Gasteiger partial charge is 0.418 e. The van der Waals surface area contributed by atoms with E-state index in [1.807, 2.05) is 54.6 Å². The lowest BCUT2D eigenvalue weighted by atomic mass is 10.1. The molecule has 0 fully saturated rings. The van der Waals surface area contributed by atoms with Crippen LogP contribution in [0.2, 0.25) is 0 Å². The third kappa shape index (κ3) is 4.00. The molecule has 0 radical (unpaired) electrons. The molecule has 26 heavy (non-hydrogen) atoms. The predicted molar refractivity (Wildman–Crippen MR) is 99.6 cm³/mol. The summed E-state index contributed by atoms with van der Waals surface area (Å²) in [6.07, 6.45) is 4.18. The number of fused-ring (bicyclic) bond motifs is 1. The molecule has 0 aliphatic carbocycles. The number of rotatable bonds is 5. The summed E-state index contributed by atoms with van der Waals surface area (Å²) in [4.78, 5) is 24.1. The Morgan fingerprint density at radius 1 is 1.00 bits per heavy atom. The fraction of sp³-hybridized carbons (Fsp3) is 0.143. The van der Waals surface area contributed by atoms with Crippen molar-refractivity contribution in [1.29, 1.82) is 0 Å². The minimum atomic E-state index is -0.471. The molecule has 0 saturated heterocycles. The molecule has 0 atom stereocenters. The molecule has 0 unspecified atom stereocenters. The molecule has 3 aromatic rings. The van der Waals surface area contributed by atoms with Crippen LogP contribution in [0.4, 0.5) is 4.79 Å². The van der Waals surface area contributed by atoms with Crippen molar-refractivity contribution in [2.24, 2.45) is 0 Å². The van der Waals surface area contributed by atoms with E-state index in [-0.39, 0.29) is 6.61 Å². The molecule has 3 rings (SSSR count). The fourth-order valence-corrected chi connectivity index (χ4v) is 2.63. The Morgan fingerprint density at radius 2 is 1.73 bits per heavy atom. The lowest BCUT2D eigenvalue weighted by molar-refractivity contribution is -0.137. The van der Waals surface area contributed by atoms with Crippen molar-refractivity contribution in [3.63, 3.8) is 0 Å². The van der Waals surface area contributed by atoms with Crippen molar-refractivity contribution in [3.05, 3.63) is 78.0 Å². The Labute approximate surface area is 151 Å². The minimum Gasteiger partial charge on any atom is -0.463 e. The standard InChI is InChI=1S/C21H19NO4/c1-2-25-20(23)13-12-17-14-22(19-11-7-6-10-18(17)19)21(24)26-15-16-8-4-3-5-9-16/h3-14H,2,15H2,1H3/b13-12+. The van der Waals surface area contributed by atoms with Gasteiger partial charge in [0.15, 0.2) is 0 Å². The Balaban J connectivity index is 1.84. The van der Waals surface area contributed by atoms with Gasteiger partial charge in [-0.05, 0) is 24.6 Å². The first-order valence-electron chi connectivity index (χ1n) is 8.35. The van der Waals surface area contributed by atoms with Gasteiger partial charge in [-0.2, -0.15) is 0 Å². The highest BCUT2D eigenvalue weighted by molar-refractivity contribution is 5.98. The van der Waals surface area contributed by atoms with Gasteiger partial charge in [-0.3, -0.25) is 4.57 Å². The number of esters is 1. The van der Waals surface area contributed by atoms with Crippen molar-refractivity contribution < 1.29 is 19.1 Å². The zero-order valence-electron chi connectivity index (χ0n) is 14.4. The highest BCUT2D eigenvalue weighted by atomic mass is 16.5. The van der Waals surface area contributed by atoms with E-state index < -0.39 is 12.1 Å². The first-order chi connectivity index (χ1) is 12.7. The lowest BCUT2D eigenvalue weighted by Gasteiger charge is -2.06. The molecule has 5 heteroatoms. The van der Waals surface area contributed by atoms with Crippen molar-refractivity contribution in [1.82, 2.24) is 4.57 Å². The van der Waals surface area contributed by atoms with Gasteiger partial charge in [0, 0.05) is 23.2 Å². The van der Waals surface area contributed by atoms with Gasteiger partial charge in [0.2, 0.25) is 0 Å². The van der Waals surface area contributed by atoms with Gasteiger partial charge in [-0.15, -0.1) is 0 Å². The molecule has 1 heterocycles. The Kier molecular flexibility index (Phi) is 5.49. The molecule has 0 spiro atoms. The van der Waals surface area contributed by atoms with Crippen LogP contribution in [0.5, 0.6) is 0 Å². The molecule has 0 N–H and O–H groups in total. The zero-order valence-corrected chi connectivity index (χ0v) is 14.4. The minimum absolute atomic E-state index is 0.195. The normalized spacial score (nSPS) is 11.0. The topological polar surface area (TPSA) is 57.5 Å². The number of nitrogens with zero attached hydrogens (tertiary/aromatic N) is 1. The number of ether oxygens (including phenoxy) is 2. The summed E-state index contributed by atoms with van der Waals surface area (Å²) in [6, 6.07) is 16.9. The van der Waals surface area contributed by atoms with Crippen LogP contribution < -0.4 is 0 Å². The second kappa shape index (κ2) is 8.16. The molecule has 0 saturated carbocycles. The van der Waals surface area contributed by atoms with E-state index in [4.69, 9.17) is 9.47 Å². The van der Waals surface area contributed by atoms with Crippen LogP contribution in [-0.4, -0.2) is 23.2 Å². The van der Waals surface area contributed by atoms with E-state index in [1.54, 1.807) is 19.2 Å². The van der Waals surface area contributed by atoms with Crippen molar-refractivity contribution >= 4 is 29.0 Å². The van der Waals surface area contributed by atoms with E-state index in [1.165, 1.54) is 10.6 Å². The van der Waals surface area contributed by atoms with Crippen molar-refractivity contribution in [3.8, 4) is 0 Å². The van der Waals surface area contributed by atoms with Gasteiger partial charge in [0.05, 0.1) is 12.1 Å². The number of benzene rings is 2. The number of hydrogen-bond donors (Lipinski definition) is 0. The summed E-state index contributed by atoms with van der Waals surface area (Å²) in [7, 11) is 0. The molecule has 2 aromatic carbocycles. The monoisotopic (exact) mass is 349 g/mol. The molecule has 132 valence electrons. The largest absolute Gasteiger partial charge is 0.463 e. The molecule has 1 aromatic heterocycles. The van der Waals surface area contributed by atoms with Crippen LogP contribution >= 0.6 is 0 Å². The Hall–Kier alpha value is -3.34. The van der Waals surface area contributed by atoms with Crippen LogP contribution in [0, 0.1) is 0 Å². The van der Waals surface area contributed by atoms with Gasteiger partial charge in [-0.25, -0.2) is 9.59 Å². The lowest BCUT2D eigenvalue weighted by Crippen LogP contribution is -2.12. The first kappa shape index (κ1) is 17.5. The quantitative estimate of drug-likeness (QED) is 0.506. The van der Waals surface area contributed by atoms with Crippen LogP contribution in [0.25, 0.3) is 17.0 Å². The molecule has 0 aliphatic heterocycles. The average Bonchev–Trinajstić information content (AvgIpc) is 3.04. The Morgan fingerprint density at radius 3 is 2.50 bits per heavy atom. The summed E-state index contributed by atoms with van der Waals surface area (Å²) in [5, 5.41) is 0.852. The summed E-state index contributed by atoms with van der Waals surface area (Å²) >= 11 is 0. The van der Waals surface area contributed by atoms with Gasteiger partial charge < -0.3 is 9.47 Å². The molecule has 0 bridgehead atoms. The summed E-state index contributed by atoms with van der Waals surface area (Å²) in [6.45, 7) is 2.26. The third-order valence-electron chi connectivity index (χ3n) is 3.83. The van der Waals surface area contributed by atoms with E-state index in [0.29, 0.717) is 12.1 Å². The second-order valence-electron chi connectivity index (χ2n) is 5.60. The van der Waals surface area contributed by atoms with Gasteiger partial charge in [0.25, 0.3) is 0 Å². The Bertz CT molecular complexity index is 941. The number of carbonyl (C=O) groups excluding carboxylic acids is 2. The number of para-hydroxylation sites is 1. The van der Waals surface area contributed by atoms with Crippen LogP contribution in [-0.2, 0) is 20.9 Å². The maximum Gasteiger partial charge on any atom is 0.418 e. The molecule has 0 aliphatic rings. The zero-order chi connectivity index (χ0) is 18.4. The summed E-state index contributed by atoms with van der Waals surface area (Å²) in [5.41, 5.74) is 2.37. The highest BCUT2D eigenvalue weighted by Gasteiger charge is 2.13. The van der Waals surface area contributed by atoms with Crippen molar-refractivity contribution in [2.75, 3.05) is 6.61 Å². The van der Waals surface area contributed by atoms with E-state index in [2.05, 4.69) is 0 Å². The van der Waals surface area contributed by atoms with Crippen LogP contribution in [0.1, 0.15) is 18.1 Å². The molecule has 0 amide bonds. The maximum atomic E-state index is 12.5. The summed E-state index contributed by atoms with van der Waals surface area (Å²) in [5.74, 6) is -0.420. The number of aromatic nitrogens is 1. The SMILES string of the molecule is CCOC(=O)/C=C/c1cn(C(=O)OCc2ccccc2)c2ccccc12. The summed E-state index contributed by atoms with van der Waals surface area (Å²) < 4.78 is 11.7.